The van der Waals surface area contributed by atoms with Crippen molar-refractivity contribution in [3.63, 3.8) is 0 Å². The number of fused-ring (bicyclic) bond motifs is 1. The van der Waals surface area contributed by atoms with E-state index in [0.717, 1.165) is 0 Å². The summed E-state index contributed by atoms with van der Waals surface area (Å²) in [6.45, 7) is 4.06. The Balaban J connectivity index is 1.89. The van der Waals surface area contributed by atoms with Crippen molar-refractivity contribution in [2.45, 2.75) is 45.1 Å². The summed E-state index contributed by atoms with van der Waals surface area (Å²) in [6, 6.07) is 2.88. The standard InChI is InChI=1S/C23H27N3O7/c1-14-6-7-19(28)22(30)18(27)5-3-4-16-12-17(32-11-10-26-9-8-24-25-26)13-20(29)21(16)23(31)33-15(14)2/h3-4,6-9,12-15,18,22,27,29-30H,5,10-11H2,1-2H3/b4-3+,7-6-/t14-,15+,18+,22+/m1/s1. The molecule has 2 heterocycles. The highest BCUT2D eigenvalue weighted by atomic mass is 16.5. The number of ether oxygens (including phenoxy) is 2. The van der Waals surface area contributed by atoms with Crippen LogP contribution in [0.3, 0.4) is 0 Å². The van der Waals surface area contributed by atoms with E-state index in [2.05, 4.69) is 10.3 Å². The number of aromatic hydroxyl groups is 1. The zero-order valence-electron chi connectivity index (χ0n) is 18.4. The summed E-state index contributed by atoms with van der Waals surface area (Å²) in [5, 5.41) is 38.4. The van der Waals surface area contributed by atoms with Crippen LogP contribution >= 0.6 is 0 Å². The van der Waals surface area contributed by atoms with Gasteiger partial charge in [-0.2, -0.15) is 0 Å². The normalized spacial score (nSPS) is 26.1. The number of phenolic OH excluding ortho intramolecular Hbond substituents is 1. The first-order valence-corrected chi connectivity index (χ1v) is 10.6. The molecule has 3 N–H and O–H groups in total. The lowest BCUT2D eigenvalue weighted by molar-refractivity contribution is -0.127. The van der Waals surface area contributed by atoms with Gasteiger partial charge in [0.1, 0.15) is 35.9 Å². The first-order chi connectivity index (χ1) is 15.8. The highest BCUT2D eigenvalue weighted by Crippen LogP contribution is 2.31. The zero-order valence-corrected chi connectivity index (χ0v) is 18.4. The SMILES string of the molecule is C[C@@H]1/C=C\C(=O)[C@@H](O)[C@@H](O)C/C=C/c2cc(OCCn3ccnn3)cc(O)c2C(=O)O[C@H]1C. The molecule has 1 aliphatic rings. The third-order valence-electron chi connectivity index (χ3n) is 5.32. The molecule has 0 fully saturated rings. The van der Waals surface area contributed by atoms with E-state index in [1.807, 2.05) is 0 Å². The molecule has 4 atom stereocenters. The van der Waals surface area contributed by atoms with Crippen molar-refractivity contribution >= 4 is 17.8 Å². The van der Waals surface area contributed by atoms with Crippen molar-refractivity contribution in [2.75, 3.05) is 6.61 Å². The Morgan fingerprint density at radius 2 is 2.00 bits per heavy atom. The molecule has 1 aromatic carbocycles. The number of aliphatic hydroxyl groups excluding tert-OH is 2. The summed E-state index contributed by atoms with van der Waals surface area (Å²) in [5.74, 6) is -1.75. The molecule has 1 aliphatic heterocycles. The third-order valence-corrected chi connectivity index (χ3v) is 5.32. The van der Waals surface area contributed by atoms with Crippen LogP contribution in [0.4, 0.5) is 0 Å². The van der Waals surface area contributed by atoms with Gasteiger partial charge in [0.05, 0.1) is 18.8 Å². The van der Waals surface area contributed by atoms with Crippen LogP contribution in [0.2, 0.25) is 0 Å². The molecule has 10 nitrogen and oxygen atoms in total. The van der Waals surface area contributed by atoms with Crippen molar-refractivity contribution in [3.8, 4) is 11.5 Å². The van der Waals surface area contributed by atoms with Gasteiger partial charge in [-0.05, 0) is 31.1 Å². The largest absolute Gasteiger partial charge is 0.507 e. The van der Waals surface area contributed by atoms with Gasteiger partial charge in [-0.25, -0.2) is 9.48 Å². The van der Waals surface area contributed by atoms with Gasteiger partial charge in [-0.15, -0.1) is 5.10 Å². The summed E-state index contributed by atoms with van der Waals surface area (Å²) < 4.78 is 12.8. The molecule has 10 heteroatoms. The van der Waals surface area contributed by atoms with Crippen LogP contribution in [0.1, 0.15) is 36.2 Å². The first-order valence-electron chi connectivity index (χ1n) is 10.6. The van der Waals surface area contributed by atoms with Crippen LogP contribution in [-0.2, 0) is 16.1 Å². The third kappa shape index (κ3) is 6.27. The van der Waals surface area contributed by atoms with Gasteiger partial charge in [-0.3, -0.25) is 4.79 Å². The van der Waals surface area contributed by atoms with Gasteiger partial charge in [-0.1, -0.05) is 30.4 Å². The minimum atomic E-state index is -1.58. The summed E-state index contributed by atoms with van der Waals surface area (Å²) in [7, 11) is 0. The fraction of sp³-hybridized carbons (Fsp3) is 0.391. The van der Waals surface area contributed by atoms with E-state index in [1.54, 1.807) is 37.0 Å². The smallest absolute Gasteiger partial charge is 0.342 e. The van der Waals surface area contributed by atoms with Gasteiger partial charge in [0, 0.05) is 18.2 Å². The molecule has 33 heavy (non-hydrogen) atoms. The van der Waals surface area contributed by atoms with Crippen LogP contribution in [-0.4, -0.2) is 67.0 Å². The van der Waals surface area contributed by atoms with Crippen LogP contribution in [0.5, 0.6) is 11.5 Å². The maximum absolute atomic E-state index is 12.9. The van der Waals surface area contributed by atoms with Gasteiger partial charge in [0.2, 0.25) is 0 Å². The Morgan fingerprint density at radius 1 is 1.21 bits per heavy atom. The molecule has 0 saturated carbocycles. The summed E-state index contributed by atoms with van der Waals surface area (Å²) in [5.41, 5.74) is 0.248. The highest BCUT2D eigenvalue weighted by Gasteiger charge is 2.25. The van der Waals surface area contributed by atoms with E-state index in [9.17, 15) is 24.9 Å². The fourth-order valence-corrected chi connectivity index (χ4v) is 3.16. The lowest BCUT2D eigenvalue weighted by atomic mass is 9.99. The molecule has 3 rings (SSSR count). The monoisotopic (exact) mass is 457 g/mol. The fourth-order valence-electron chi connectivity index (χ4n) is 3.16. The summed E-state index contributed by atoms with van der Waals surface area (Å²) >= 11 is 0. The van der Waals surface area contributed by atoms with Gasteiger partial charge in [0.15, 0.2) is 5.78 Å². The number of carbonyl (C=O) groups is 2. The van der Waals surface area contributed by atoms with Crippen LogP contribution in [0, 0.1) is 5.92 Å². The molecule has 0 aliphatic carbocycles. The van der Waals surface area contributed by atoms with E-state index in [-0.39, 0.29) is 30.3 Å². The molecule has 2 aromatic rings. The van der Waals surface area contributed by atoms with Crippen molar-refractivity contribution < 1.29 is 34.4 Å². The van der Waals surface area contributed by atoms with Gasteiger partial charge in [0.25, 0.3) is 0 Å². The number of hydrogen-bond acceptors (Lipinski definition) is 9. The number of esters is 1. The highest BCUT2D eigenvalue weighted by molar-refractivity contribution is 5.97. The van der Waals surface area contributed by atoms with Crippen LogP contribution in [0.25, 0.3) is 6.08 Å². The molecular weight excluding hydrogens is 430 g/mol. The molecule has 0 radical (unpaired) electrons. The molecule has 1 aromatic heterocycles. The maximum Gasteiger partial charge on any atom is 0.342 e. The lowest BCUT2D eigenvalue weighted by Crippen LogP contribution is -2.32. The molecule has 0 spiro atoms. The number of rotatable bonds is 4. The number of carbonyl (C=O) groups excluding carboxylic acids is 2. The number of aliphatic hydroxyl groups is 2. The van der Waals surface area contributed by atoms with Crippen LogP contribution in [0.15, 0.2) is 42.8 Å². The lowest BCUT2D eigenvalue weighted by Gasteiger charge is -2.20. The number of hydrogen-bond donors (Lipinski definition) is 3. The van der Waals surface area contributed by atoms with E-state index in [0.29, 0.717) is 17.9 Å². The number of ketones is 1. The average molecular weight is 457 g/mol. The summed E-state index contributed by atoms with van der Waals surface area (Å²) in [4.78, 5) is 25.0. The molecule has 0 saturated heterocycles. The quantitative estimate of drug-likeness (QED) is 0.582. The van der Waals surface area contributed by atoms with E-state index < -0.39 is 30.1 Å². The Morgan fingerprint density at radius 3 is 2.73 bits per heavy atom. The first kappa shape index (κ1) is 24.1. The second-order valence-electron chi connectivity index (χ2n) is 7.80. The summed E-state index contributed by atoms with van der Waals surface area (Å²) in [6.07, 6.45) is 5.30. The van der Waals surface area contributed by atoms with E-state index in [1.165, 1.54) is 30.4 Å². The number of benzene rings is 1. The van der Waals surface area contributed by atoms with E-state index >= 15 is 0 Å². The number of phenols is 1. The number of aromatic nitrogens is 3. The van der Waals surface area contributed by atoms with Crippen LogP contribution < -0.4 is 4.74 Å². The average Bonchev–Trinajstić information content (AvgIpc) is 3.29. The second kappa shape index (κ2) is 10.9. The number of cyclic esters (lactones) is 1. The topological polar surface area (TPSA) is 144 Å². The van der Waals surface area contributed by atoms with Crippen molar-refractivity contribution in [1.82, 2.24) is 15.0 Å². The van der Waals surface area contributed by atoms with Crippen molar-refractivity contribution in [2.24, 2.45) is 5.92 Å². The molecule has 0 unspecified atom stereocenters. The Hall–Kier alpha value is -3.50. The molecule has 0 amide bonds. The molecule has 0 bridgehead atoms. The van der Waals surface area contributed by atoms with Gasteiger partial charge >= 0.3 is 5.97 Å². The Kier molecular flexibility index (Phi) is 7.96. The predicted molar refractivity (Wildman–Crippen MR) is 117 cm³/mol. The number of nitrogens with zero attached hydrogens (tertiary/aromatic N) is 3. The zero-order chi connectivity index (χ0) is 24.0. The van der Waals surface area contributed by atoms with Crippen molar-refractivity contribution in [1.29, 1.82) is 0 Å². The molecule has 176 valence electrons. The van der Waals surface area contributed by atoms with Gasteiger partial charge < -0.3 is 24.8 Å². The van der Waals surface area contributed by atoms with E-state index in [4.69, 9.17) is 9.47 Å². The molecular formula is C23H27N3O7. The minimum Gasteiger partial charge on any atom is -0.507 e. The Bertz CT molecular complexity index is 1030. The Labute approximate surface area is 190 Å². The maximum atomic E-state index is 12.9. The van der Waals surface area contributed by atoms with Crippen molar-refractivity contribution in [3.05, 3.63) is 53.9 Å². The second-order valence-corrected chi connectivity index (χ2v) is 7.80. The predicted octanol–water partition coefficient (Wildman–Crippen LogP) is 1.51. The minimum absolute atomic E-state index is 0.0546.